The maximum atomic E-state index is 14.2. The van der Waals surface area contributed by atoms with E-state index in [9.17, 15) is 14.7 Å². The highest BCUT2D eigenvalue weighted by Gasteiger charge is 2.37. The van der Waals surface area contributed by atoms with E-state index in [1.807, 2.05) is 43.3 Å². The standard InChI is InChI=1S/C31H29ClN2O6S/c1-5-9-21-26(30(37)40-6-2)27(25-19-11-8-7-10-18(19)12-13-22(25)38-3)34-29(36)24(41-31(34)33-21)16-17-14-20(32)28(35)23(15-17)39-4/h7-8,10-16,27,35H,5-6,9H2,1-4H3/b24-16+. The van der Waals surface area contributed by atoms with E-state index in [-0.39, 0.29) is 28.7 Å². The lowest BCUT2D eigenvalue weighted by molar-refractivity contribution is -0.139. The monoisotopic (exact) mass is 592 g/mol. The topological polar surface area (TPSA) is 99.4 Å². The largest absolute Gasteiger partial charge is 0.503 e. The van der Waals surface area contributed by atoms with Crippen LogP contribution in [-0.2, 0) is 9.53 Å². The molecule has 0 bridgehead atoms. The SMILES string of the molecule is CCCC1=C(C(=O)OCC)C(c2c(OC)ccc3ccccc23)n2c(s/c(=C/c3cc(Cl)c(O)c(OC)c3)c2=O)=N1. The minimum Gasteiger partial charge on any atom is -0.503 e. The van der Waals surface area contributed by atoms with Gasteiger partial charge in [0.25, 0.3) is 5.56 Å². The molecule has 0 spiro atoms. The number of hydrogen-bond acceptors (Lipinski definition) is 8. The Balaban J connectivity index is 1.87. The van der Waals surface area contributed by atoms with Gasteiger partial charge in [-0.1, -0.05) is 66.6 Å². The van der Waals surface area contributed by atoms with E-state index in [4.69, 9.17) is 30.8 Å². The molecule has 41 heavy (non-hydrogen) atoms. The van der Waals surface area contributed by atoms with Crippen molar-refractivity contribution in [1.29, 1.82) is 0 Å². The molecule has 10 heteroatoms. The van der Waals surface area contributed by atoms with Crippen LogP contribution in [0.25, 0.3) is 16.8 Å². The molecule has 5 rings (SSSR count). The van der Waals surface area contributed by atoms with E-state index in [0.29, 0.717) is 43.9 Å². The van der Waals surface area contributed by atoms with Crippen molar-refractivity contribution >= 4 is 45.8 Å². The molecule has 8 nitrogen and oxygen atoms in total. The number of fused-ring (bicyclic) bond motifs is 2. The molecule has 0 saturated carbocycles. The number of carbonyl (C=O) groups excluding carboxylic acids is 1. The van der Waals surface area contributed by atoms with Crippen LogP contribution < -0.4 is 24.4 Å². The third kappa shape index (κ3) is 5.11. The molecule has 4 aromatic rings. The number of aromatic hydroxyl groups is 1. The van der Waals surface area contributed by atoms with E-state index in [1.165, 1.54) is 18.4 Å². The Morgan fingerprint density at radius 1 is 1.12 bits per heavy atom. The van der Waals surface area contributed by atoms with Gasteiger partial charge in [-0.2, -0.15) is 0 Å². The Morgan fingerprint density at radius 3 is 2.59 bits per heavy atom. The zero-order valence-corrected chi connectivity index (χ0v) is 24.6. The quantitative estimate of drug-likeness (QED) is 0.286. The number of phenolic OH excluding ortho intramolecular Hbond substituents is 1. The second-order valence-electron chi connectivity index (χ2n) is 9.37. The summed E-state index contributed by atoms with van der Waals surface area (Å²) in [6.07, 6.45) is 2.93. The molecule has 1 N–H and O–H groups in total. The normalized spacial score (nSPS) is 15.0. The number of benzene rings is 3. The summed E-state index contributed by atoms with van der Waals surface area (Å²) in [7, 11) is 2.99. The second-order valence-corrected chi connectivity index (χ2v) is 10.8. The van der Waals surface area contributed by atoms with Crippen molar-refractivity contribution in [3.05, 3.63) is 95.6 Å². The number of rotatable bonds is 8. The third-order valence-electron chi connectivity index (χ3n) is 6.88. The fraction of sp³-hybridized carbons (Fsp3) is 0.258. The molecule has 1 unspecified atom stereocenters. The molecule has 1 atom stereocenters. The van der Waals surface area contributed by atoms with Gasteiger partial charge < -0.3 is 19.3 Å². The Kier molecular flexibility index (Phi) is 8.19. The minimum atomic E-state index is -0.840. The molecule has 1 aliphatic heterocycles. The van der Waals surface area contributed by atoms with Gasteiger partial charge in [0, 0.05) is 5.56 Å². The summed E-state index contributed by atoms with van der Waals surface area (Å²) in [4.78, 5) is 33.1. The molecule has 2 heterocycles. The lowest BCUT2D eigenvalue weighted by Gasteiger charge is -2.28. The first kappa shape index (κ1) is 28.4. The number of carbonyl (C=O) groups is 1. The average molecular weight is 593 g/mol. The first-order chi connectivity index (χ1) is 19.8. The van der Waals surface area contributed by atoms with Gasteiger partial charge in [-0.3, -0.25) is 9.36 Å². The summed E-state index contributed by atoms with van der Waals surface area (Å²) in [6, 6.07) is 13.9. The fourth-order valence-electron chi connectivity index (χ4n) is 5.11. The minimum absolute atomic E-state index is 0.0940. The van der Waals surface area contributed by atoms with E-state index >= 15 is 0 Å². The van der Waals surface area contributed by atoms with E-state index in [1.54, 1.807) is 36.8 Å². The lowest BCUT2D eigenvalue weighted by Crippen LogP contribution is -2.40. The average Bonchev–Trinajstić information content (AvgIpc) is 3.27. The summed E-state index contributed by atoms with van der Waals surface area (Å²) >= 11 is 7.42. The van der Waals surface area contributed by atoms with Crippen molar-refractivity contribution < 1.29 is 24.1 Å². The summed E-state index contributed by atoms with van der Waals surface area (Å²) < 4.78 is 18.5. The Bertz CT molecular complexity index is 1870. The Morgan fingerprint density at radius 2 is 1.88 bits per heavy atom. The van der Waals surface area contributed by atoms with Gasteiger partial charge in [0.2, 0.25) is 0 Å². The molecule has 0 amide bonds. The van der Waals surface area contributed by atoms with Crippen molar-refractivity contribution in [2.24, 2.45) is 4.99 Å². The first-order valence-corrected chi connectivity index (χ1v) is 14.4. The van der Waals surface area contributed by atoms with Gasteiger partial charge in [0.05, 0.1) is 41.7 Å². The van der Waals surface area contributed by atoms with Gasteiger partial charge in [-0.05, 0) is 54.0 Å². The van der Waals surface area contributed by atoms with Gasteiger partial charge in [-0.15, -0.1) is 0 Å². The molecule has 212 valence electrons. The van der Waals surface area contributed by atoms with E-state index in [2.05, 4.69) is 0 Å². The van der Waals surface area contributed by atoms with Gasteiger partial charge in [0.15, 0.2) is 16.3 Å². The lowest BCUT2D eigenvalue weighted by atomic mass is 9.90. The molecule has 0 fully saturated rings. The van der Waals surface area contributed by atoms with Crippen LogP contribution >= 0.6 is 22.9 Å². The number of phenols is 1. The number of nitrogens with zero attached hydrogens (tertiary/aromatic N) is 2. The van der Waals surface area contributed by atoms with Crippen LogP contribution in [0.15, 0.2) is 69.6 Å². The zero-order valence-electron chi connectivity index (χ0n) is 23.1. The van der Waals surface area contributed by atoms with E-state index in [0.717, 1.165) is 17.2 Å². The maximum absolute atomic E-state index is 14.2. The molecule has 1 aromatic heterocycles. The van der Waals surface area contributed by atoms with Crippen LogP contribution in [0.1, 0.15) is 43.9 Å². The number of allylic oxidation sites excluding steroid dienone is 1. The van der Waals surface area contributed by atoms with Crippen LogP contribution in [0.5, 0.6) is 17.2 Å². The van der Waals surface area contributed by atoms with Gasteiger partial charge in [0.1, 0.15) is 11.8 Å². The highest BCUT2D eigenvalue weighted by molar-refractivity contribution is 7.07. The van der Waals surface area contributed by atoms with Crippen molar-refractivity contribution in [1.82, 2.24) is 4.57 Å². The number of aromatic nitrogens is 1. The number of methoxy groups -OCH3 is 2. The van der Waals surface area contributed by atoms with Crippen molar-refractivity contribution in [3.8, 4) is 17.2 Å². The Labute approximate surface area is 245 Å². The van der Waals surface area contributed by atoms with Crippen LogP contribution in [0.2, 0.25) is 5.02 Å². The molecular weight excluding hydrogens is 564 g/mol. The van der Waals surface area contributed by atoms with Crippen LogP contribution in [-0.4, -0.2) is 36.5 Å². The Hall–Kier alpha value is -4.08. The molecular formula is C31H29ClN2O6S. The molecule has 0 radical (unpaired) electrons. The third-order valence-corrected chi connectivity index (χ3v) is 8.16. The number of hydrogen-bond donors (Lipinski definition) is 1. The van der Waals surface area contributed by atoms with Crippen LogP contribution in [0.3, 0.4) is 0 Å². The summed E-state index contributed by atoms with van der Waals surface area (Å²) in [6.45, 7) is 3.93. The number of halogens is 1. The van der Waals surface area contributed by atoms with Gasteiger partial charge >= 0.3 is 5.97 Å². The van der Waals surface area contributed by atoms with E-state index < -0.39 is 12.0 Å². The predicted molar refractivity (Wildman–Crippen MR) is 160 cm³/mol. The highest BCUT2D eigenvalue weighted by Crippen LogP contribution is 2.41. The predicted octanol–water partition coefficient (Wildman–Crippen LogP) is 5.11. The summed E-state index contributed by atoms with van der Waals surface area (Å²) in [5, 5.41) is 12.0. The number of thiazole rings is 1. The first-order valence-electron chi connectivity index (χ1n) is 13.2. The molecule has 0 saturated heterocycles. The van der Waals surface area contributed by atoms with Crippen LogP contribution in [0, 0.1) is 0 Å². The maximum Gasteiger partial charge on any atom is 0.338 e. The molecule has 3 aromatic carbocycles. The zero-order chi connectivity index (χ0) is 29.3. The second kappa shape index (κ2) is 11.8. The molecule has 0 aliphatic carbocycles. The van der Waals surface area contributed by atoms with Crippen molar-refractivity contribution in [2.45, 2.75) is 32.7 Å². The smallest absolute Gasteiger partial charge is 0.338 e. The number of ether oxygens (including phenoxy) is 3. The summed E-state index contributed by atoms with van der Waals surface area (Å²) in [5.41, 5.74) is 1.80. The van der Waals surface area contributed by atoms with Crippen molar-refractivity contribution in [3.63, 3.8) is 0 Å². The summed E-state index contributed by atoms with van der Waals surface area (Å²) in [5.74, 6) is 0.0192. The fourth-order valence-corrected chi connectivity index (χ4v) is 6.35. The van der Waals surface area contributed by atoms with Crippen molar-refractivity contribution in [2.75, 3.05) is 20.8 Å². The molecule has 1 aliphatic rings. The highest BCUT2D eigenvalue weighted by atomic mass is 35.5. The van der Waals surface area contributed by atoms with Gasteiger partial charge in [-0.25, -0.2) is 9.79 Å². The van der Waals surface area contributed by atoms with Crippen LogP contribution in [0.4, 0.5) is 0 Å². The number of esters is 1.